The first kappa shape index (κ1) is 18.4. The first-order valence-electron chi connectivity index (χ1n) is 8.60. The Hall–Kier alpha value is -3.00. The lowest BCUT2D eigenvalue weighted by Gasteiger charge is -2.28. The van der Waals surface area contributed by atoms with E-state index in [1.54, 1.807) is 0 Å². The van der Waals surface area contributed by atoms with Crippen molar-refractivity contribution in [3.63, 3.8) is 0 Å². The third kappa shape index (κ3) is 2.72. The lowest BCUT2D eigenvalue weighted by molar-refractivity contribution is -0.137. The zero-order chi connectivity index (χ0) is 19.9. The maximum absolute atomic E-state index is 13.2. The van der Waals surface area contributed by atoms with E-state index < -0.39 is 16.8 Å². The number of thioether (sulfide) groups is 1. The normalized spacial score (nSPS) is 19.8. The Balaban J connectivity index is 1.66. The summed E-state index contributed by atoms with van der Waals surface area (Å²) >= 11 is 1.33. The second-order valence-electron chi connectivity index (χ2n) is 6.33. The maximum atomic E-state index is 13.2. The molecule has 2 heterocycles. The SMILES string of the molecule is COC(=O)c1ccc(OC(=O)C23CCC(=O)N2c2ccccc2S3)c(OC)c1. The molecule has 2 aliphatic heterocycles. The summed E-state index contributed by atoms with van der Waals surface area (Å²) in [6.45, 7) is 0. The van der Waals surface area contributed by atoms with Crippen LogP contribution in [0.3, 0.4) is 0 Å². The molecule has 8 heteroatoms. The Kier molecular flexibility index (Phi) is 4.50. The number of anilines is 1. The Labute approximate surface area is 165 Å². The minimum absolute atomic E-state index is 0.109. The second-order valence-corrected chi connectivity index (χ2v) is 7.65. The summed E-state index contributed by atoms with van der Waals surface area (Å²) in [6.07, 6.45) is 0.626. The molecule has 28 heavy (non-hydrogen) atoms. The van der Waals surface area contributed by atoms with Crippen molar-refractivity contribution in [1.29, 1.82) is 0 Å². The number of hydrogen-bond acceptors (Lipinski definition) is 7. The van der Waals surface area contributed by atoms with E-state index in [0.29, 0.717) is 6.42 Å². The largest absolute Gasteiger partial charge is 0.493 e. The fourth-order valence-corrected chi connectivity index (χ4v) is 4.84. The van der Waals surface area contributed by atoms with Crippen LogP contribution in [0.2, 0.25) is 0 Å². The van der Waals surface area contributed by atoms with Crippen molar-refractivity contribution in [1.82, 2.24) is 0 Å². The van der Waals surface area contributed by atoms with Gasteiger partial charge in [-0.05, 0) is 30.3 Å². The highest BCUT2D eigenvalue weighted by atomic mass is 32.2. The number of hydrogen-bond donors (Lipinski definition) is 0. The fourth-order valence-electron chi connectivity index (χ4n) is 3.45. The predicted octanol–water partition coefficient (Wildman–Crippen LogP) is 3.02. The molecule has 0 N–H and O–H groups in total. The van der Waals surface area contributed by atoms with E-state index in [1.807, 2.05) is 24.3 Å². The first-order valence-corrected chi connectivity index (χ1v) is 9.41. The maximum Gasteiger partial charge on any atom is 0.349 e. The molecule has 0 saturated carbocycles. The van der Waals surface area contributed by atoms with Crippen molar-refractivity contribution in [3.8, 4) is 11.5 Å². The van der Waals surface area contributed by atoms with Gasteiger partial charge in [-0.15, -0.1) is 0 Å². The Morgan fingerprint density at radius 2 is 1.89 bits per heavy atom. The average molecular weight is 399 g/mol. The highest BCUT2D eigenvalue weighted by Crippen LogP contribution is 2.56. The van der Waals surface area contributed by atoms with Gasteiger partial charge in [0.25, 0.3) is 0 Å². The number of esters is 2. The van der Waals surface area contributed by atoms with Gasteiger partial charge in [0.05, 0.1) is 25.5 Å². The third-order valence-corrected chi connectivity index (χ3v) is 6.24. The number of ether oxygens (including phenoxy) is 3. The van der Waals surface area contributed by atoms with Crippen LogP contribution in [0, 0.1) is 0 Å². The predicted molar refractivity (Wildman–Crippen MR) is 102 cm³/mol. The lowest BCUT2D eigenvalue weighted by atomic mass is 10.2. The van der Waals surface area contributed by atoms with Gasteiger partial charge in [-0.25, -0.2) is 9.59 Å². The van der Waals surface area contributed by atoms with Crippen molar-refractivity contribution >= 4 is 35.3 Å². The molecule has 0 aliphatic carbocycles. The number of carbonyl (C=O) groups excluding carboxylic acids is 3. The van der Waals surface area contributed by atoms with Crippen LogP contribution in [0.25, 0.3) is 0 Å². The average Bonchev–Trinajstić information content (AvgIpc) is 3.23. The van der Waals surface area contributed by atoms with E-state index in [9.17, 15) is 14.4 Å². The molecule has 2 aliphatic rings. The van der Waals surface area contributed by atoms with Gasteiger partial charge in [0.2, 0.25) is 5.91 Å². The molecule has 0 bridgehead atoms. The number of fused-ring (bicyclic) bond motifs is 3. The lowest BCUT2D eigenvalue weighted by Crippen LogP contribution is -2.49. The highest BCUT2D eigenvalue weighted by molar-refractivity contribution is 8.02. The summed E-state index contributed by atoms with van der Waals surface area (Å²) in [5, 5.41) is 0. The van der Waals surface area contributed by atoms with Gasteiger partial charge >= 0.3 is 11.9 Å². The molecule has 0 radical (unpaired) electrons. The van der Waals surface area contributed by atoms with Gasteiger partial charge in [-0.1, -0.05) is 23.9 Å². The van der Waals surface area contributed by atoms with E-state index in [0.717, 1.165) is 10.6 Å². The zero-order valence-electron chi connectivity index (χ0n) is 15.3. The molecule has 1 fully saturated rings. The summed E-state index contributed by atoms with van der Waals surface area (Å²) < 4.78 is 15.6. The molecular formula is C20H17NO6S. The number of para-hydroxylation sites is 1. The topological polar surface area (TPSA) is 82.1 Å². The quantitative estimate of drug-likeness (QED) is 0.577. The van der Waals surface area contributed by atoms with E-state index in [4.69, 9.17) is 14.2 Å². The van der Waals surface area contributed by atoms with Gasteiger partial charge in [0.15, 0.2) is 16.4 Å². The summed E-state index contributed by atoms with van der Waals surface area (Å²) in [6, 6.07) is 11.8. The van der Waals surface area contributed by atoms with Gasteiger partial charge in [-0.3, -0.25) is 9.69 Å². The van der Waals surface area contributed by atoms with Crippen LogP contribution in [-0.4, -0.2) is 36.9 Å². The first-order chi connectivity index (χ1) is 13.5. The van der Waals surface area contributed by atoms with E-state index >= 15 is 0 Å². The smallest absolute Gasteiger partial charge is 0.349 e. The van der Waals surface area contributed by atoms with Crippen molar-refractivity contribution in [3.05, 3.63) is 48.0 Å². The number of benzene rings is 2. The number of methoxy groups -OCH3 is 2. The summed E-state index contributed by atoms with van der Waals surface area (Å²) in [4.78, 5) is 38.6. The van der Waals surface area contributed by atoms with Gasteiger partial charge in [0, 0.05) is 17.7 Å². The zero-order valence-corrected chi connectivity index (χ0v) is 16.1. The molecule has 1 amide bonds. The molecule has 2 aromatic carbocycles. The molecule has 4 rings (SSSR count). The molecule has 1 saturated heterocycles. The van der Waals surface area contributed by atoms with E-state index in [-0.39, 0.29) is 29.4 Å². The molecular weight excluding hydrogens is 382 g/mol. The van der Waals surface area contributed by atoms with Crippen LogP contribution < -0.4 is 14.4 Å². The molecule has 0 spiro atoms. The van der Waals surface area contributed by atoms with Crippen LogP contribution in [0.4, 0.5) is 5.69 Å². The Bertz CT molecular complexity index is 990. The van der Waals surface area contributed by atoms with Crippen LogP contribution in [-0.2, 0) is 14.3 Å². The van der Waals surface area contributed by atoms with Crippen LogP contribution in [0.5, 0.6) is 11.5 Å². The highest BCUT2D eigenvalue weighted by Gasteiger charge is 2.58. The number of rotatable bonds is 4. The van der Waals surface area contributed by atoms with Gasteiger partial charge < -0.3 is 14.2 Å². The molecule has 1 unspecified atom stereocenters. The van der Waals surface area contributed by atoms with Crippen molar-refractivity contribution in [2.75, 3.05) is 19.1 Å². The monoisotopic (exact) mass is 399 g/mol. The van der Waals surface area contributed by atoms with E-state index in [1.165, 1.54) is 49.1 Å². The number of carbonyl (C=O) groups is 3. The number of nitrogens with zero attached hydrogens (tertiary/aromatic N) is 1. The Morgan fingerprint density at radius 3 is 2.64 bits per heavy atom. The van der Waals surface area contributed by atoms with Gasteiger partial charge in [0.1, 0.15) is 0 Å². The molecule has 2 aromatic rings. The Morgan fingerprint density at radius 1 is 1.11 bits per heavy atom. The van der Waals surface area contributed by atoms with Crippen LogP contribution >= 0.6 is 11.8 Å². The fraction of sp³-hybridized carbons (Fsp3) is 0.250. The van der Waals surface area contributed by atoms with Gasteiger partial charge in [-0.2, -0.15) is 0 Å². The minimum atomic E-state index is -1.13. The molecule has 144 valence electrons. The standard InChI is InChI=1S/C20H17NO6S/c1-25-15-11-12(18(23)26-2)7-8-14(15)27-19(24)20-10-9-17(22)21(20)13-5-3-4-6-16(13)28-20/h3-8,11H,9-10H2,1-2H3. The minimum Gasteiger partial charge on any atom is -0.493 e. The van der Waals surface area contributed by atoms with Crippen LogP contribution in [0.15, 0.2) is 47.4 Å². The summed E-state index contributed by atoms with van der Waals surface area (Å²) in [5.41, 5.74) is 0.998. The van der Waals surface area contributed by atoms with Crippen molar-refractivity contribution in [2.24, 2.45) is 0 Å². The number of amides is 1. The van der Waals surface area contributed by atoms with Crippen molar-refractivity contribution in [2.45, 2.75) is 22.6 Å². The summed E-state index contributed by atoms with van der Waals surface area (Å²) in [7, 11) is 2.69. The van der Waals surface area contributed by atoms with Crippen LogP contribution in [0.1, 0.15) is 23.2 Å². The molecule has 0 aromatic heterocycles. The second kappa shape index (κ2) is 6.87. The molecule has 1 atom stereocenters. The molecule has 7 nitrogen and oxygen atoms in total. The van der Waals surface area contributed by atoms with E-state index in [2.05, 4.69) is 0 Å². The van der Waals surface area contributed by atoms with Crippen molar-refractivity contribution < 1.29 is 28.6 Å². The summed E-state index contributed by atoms with van der Waals surface area (Å²) in [5.74, 6) is -0.787. The third-order valence-electron chi connectivity index (χ3n) is 4.78.